The van der Waals surface area contributed by atoms with Crippen LogP contribution in [0, 0.1) is 6.92 Å². The molecule has 0 bridgehead atoms. The summed E-state index contributed by atoms with van der Waals surface area (Å²) in [6, 6.07) is 11.8. The molecule has 2 aromatic carbocycles. The van der Waals surface area contributed by atoms with Gasteiger partial charge >= 0.3 is 5.97 Å². The molecule has 0 atom stereocenters. The number of carboxylic acid groups (broad SMARTS) is 1. The summed E-state index contributed by atoms with van der Waals surface area (Å²) in [6.45, 7) is 2.46. The number of aromatic carboxylic acids is 1. The van der Waals surface area contributed by atoms with E-state index in [1.54, 1.807) is 51.4 Å². The molecule has 0 aliphatic rings. The molecule has 0 saturated heterocycles. The molecule has 1 N–H and O–H groups in total. The molecule has 0 radical (unpaired) electrons. The number of aryl methyl sites for hydroxylation is 1. The number of nitrogens with zero attached hydrogens (tertiary/aromatic N) is 1. The van der Waals surface area contributed by atoms with Gasteiger partial charge in [-0.1, -0.05) is 0 Å². The van der Waals surface area contributed by atoms with Gasteiger partial charge in [-0.25, -0.2) is 4.79 Å². The largest absolute Gasteiger partial charge is 0.497 e. The number of carbonyl (C=O) groups is 2. The van der Waals surface area contributed by atoms with E-state index >= 15 is 0 Å². The molecule has 0 saturated carbocycles. The fourth-order valence-corrected chi connectivity index (χ4v) is 2.32. The number of amides is 1. The van der Waals surface area contributed by atoms with Crippen LogP contribution >= 0.6 is 0 Å². The normalized spacial score (nSPS) is 10.2. The number of carboxylic acids is 1. The monoisotopic (exact) mass is 343 g/mol. The van der Waals surface area contributed by atoms with Gasteiger partial charge in [0.1, 0.15) is 18.1 Å². The van der Waals surface area contributed by atoms with Gasteiger partial charge in [-0.15, -0.1) is 0 Å². The minimum absolute atomic E-state index is 0.103. The second-order valence-corrected chi connectivity index (χ2v) is 5.64. The van der Waals surface area contributed by atoms with Crippen LogP contribution in [0.25, 0.3) is 0 Å². The summed E-state index contributed by atoms with van der Waals surface area (Å²) in [5, 5.41) is 9.11. The molecule has 0 fully saturated rings. The highest BCUT2D eigenvalue weighted by molar-refractivity contribution is 5.97. The van der Waals surface area contributed by atoms with E-state index < -0.39 is 5.97 Å². The van der Waals surface area contributed by atoms with E-state index in [4.69, 9.17) is 14.6 Å². The molecule has 132 valence electrons. The van der Waals surface area contributed by atoms with Crippen LogP contribution in [0.1, 0.15) is 26.3 Å². The maximum atomic E-state index is 12.5. The summed E-state index contributed by atoms with van der Waals surface area (Å²) in [7, 11) is 3.25. The Balaban J connectivity index is 1.94. The summed E-state index contributed by atoms with van der Waals surface area (Å²) in [5.74, 6) is 0.131. The Kier molecular flexibility index (Phi) is 6.00. The number of likely N-dealkylation sites (N-methyl/N-ethyl adjacent to an activating group) is 1. The Morgan fingerprint density at radius 1 is 1.04 bits per heavy atom. The van der Waals surface area contributed by atoms with Crippen molar-refractivity contribution in [3.8, 4) is 11.5 Å². The summed E-state index contributed by atoms with van der Waals surface area (Å²) < 4.78 is 10.7. The van der Waals surface area contributed by atoms with Crippen molar-refractivity contribution < 1.29 is 24.2 Å². The number of hydrogen-bond donors (Lipinski definition) is 1. The van der Waals surface area contributed by atoms with Gasteiger partial charge in [0, 0.05) is 12.6 Å². The minimum atomic E-state index is -1.05. The lowest BCUT2D eigenvalue weighted by molar-refractivity contribution is 0.0696. The first-order valence-corrected chi connectivity index (χ1v) is 7.78. The van der Waals surface area contributed by atoms with E-state index in [2.05, 4.69) is 0 Å². The highest BCUT2D eigenvalue weighted by Crippen LogP contribution is 2.17. The van der Waals surface area contributed by atoms with Crippen molar-refractivity contribution in [2.45, 2.75) is 6.92 Å². The van der Waals surface area contributed by atoms with E-state index in [1.807, 2.05) is 0 Å². The number of hydrogen-bond acceptors (Lipinski definition) is 4. The van der Waals surface area contributed by atoms with Crippen molar-refractivity contribution in [3.05, 3.63) is 59.2 Å². The lowest BCUT2D eigenvalue weighted by Crippen LogP contribution is -2.31. The van der Waals surface area contributed by atoms with E-state index in [1.165, 1.54) is 17.0 Å². The maximum absolute atomic E-state index is 12.5. The van der Waals surface area contributed by atoms with Crippen molar-refractivity contribution in [1.82, 2.24) is 4.90 Å². The van der Waals surface area contributed by atoms with E-state index in [-0.39, 0.29) is 11.5 Å². The van der Waals surface area contributed by atoms with Crippen LogP contribution in [-0.4, -0.2) is 49.2 Å². The number of carbonyl (C=O) groups excluding carboxylic acids is 1. The van der Waals surface area contributed by atoms with Crippen LogP contribution in [0.15, 0.2) is 42.5 Å². The first-order valence-electron chi connectivity index (χ1n) is 7.78. The second kappa shape index (κ2) is 8.19. The van der Waals surface area contributed by atoms with Crippen LogP contribution < -0.4 is 9.47 Å². The van der Waals surface area contributed by atoms with Gasteiger partial charge in [-0.2, -0.15) is 0 Å². The second-order valence-electron chi connectivity index (χ2n) is 5.64. The third kappa shape index (κ3) is 4.97. The molecule has 0 unspecified atom stereocenters. The van der Waals surface area contributed by atoms with E-state index in [9.17, 15) is 9.59 Å². The van der Waals surface area contributed by atoms with Gasteiger partial charge in [0.05, 0.1) is 19.2 Å². The van der Waals surface area contributed by atoms with Gasteiger partial charge < -0.3 is 19.5 Å². The summed E-state index contributed by atoms with van der Waals surface area (Å²) in [5.41, 5.74) is 1.18. The molecular formula is C19H21NO5. The first kappa shape index (κ1) is 18.3. The van der Waals surface area contributed by atoms with Crippen LogP contribution in [-0.2, 0) is 0 Å². The standard InChI is InChI=1S/C19H21NO5/c1-13-10-14(12-15(11-13)19(22)23)18(21)20(2)8-9-25-17-6-4-16(24-3)5-7-17/h4-7,10-12H,8-9H2,1-3H3,(H,22,23). The van der Waals surface area contributed by atoms with E-state index in [0.717, 1.165) is 11.3 Å². The molecule has 25 heavy (non-hydrogen) atoms. The van der Waals surface area contributed by atoms with Gasteiger partial charge in [-0.3, -0.25) is 4.79 Å². The molecule has 2 aromatic rings. The molecule has 0 spiro atoms. The molecule has 0 aromatic heterocycles. The lowest BCUT2D eigenvalue weighted by Gasteiger charge is -2.18. The molecule has 6 heteroatoms. The van der Waals surface area contributed by atoms with Crippen molar-refractivity contribution in [2.24, 2.45) is 0 Å². The zero-order chi connectivity index (χ0) is 18.4. The maximum Gasteiger partial charge on any atom is 0.335 e. The highest BCUT2D eigenvalue weighted by Gasteiger charge is 2.15. The van der Waals surface area contributed by atoms with Crippen LogP contribution in [0.2, 0.25) is 0 Å². The smallest absolute Gasteiger partial charge is 0.335 e. The Morgan fingerprint density at radius 3 is 2.24 bits per heavy atom. The van der Waals surface area contributed by atoms with Crippen molar-refractivity contribution >= 4 is 11.9 Å². The average molecular weight is 343 g/mol. The van der Waals surface area contributed by atoms with Crippen molar-refractivity contribution in [1.29, 1.82) is 0 Å². The van der Waals surface area contributed by atoms with Crippen LogP contribution in [0.3, 0.4) is 0 Å². The summed E-state index contributed by atoms with van der Waals surface area (Å²) >= 11 is 0. The quantitative estimate of drug-likeness (QED) is 0.836. The first-order chi connectivity index (χ1) is 11.9. The summed E-state index contributed by atoms with van der Waals surface area (Å²) in [4.78, 5) is 25.1. The number of ether oxygens (including phenoxy) is 2. The molecule has 0 aliphatic carbocycles. The Morgan fingerprint density at radius 2 is 1.64 bits per heavy atom. The number of rotatable bonds is 7. The predicted molar refractivity (Wildman–Crippen MR) is 93.6 cm³/mol. The van der Waals surface area contributed by atoms with Crippen LogP contribution in [0.4, 0.5) is 0 Å². The van der Waals surface area contributed by atoms with Gasteiger partial charge in [0.15, 0.2) is 0 Å². The van der Waals surface area contributed by atoms with Gasteiger partial charge in [0.25, 0.3) is 5.91 Å². The lowest BCUT2D eigenvalue weighted by atomic mass is 10.1. The van der Waals surface area contributed by atoms with E-state index in [0.29, 0.717) is 24.5 Å². The summed E-state index contributed by atoms with van der Waals surface area (Å²) in [6.07, 6.45) is 0. The third-order valence-corrected chi connectivity index (χ3v) is 3.67. The third-order valence-electron chi connectivity index (χ3n) is 3.67. The Labute approximate surface area is 146 Å². The molecule has 0 heterocycles. The fraction of sp³-hybridized carbons (Fsp3) is 0.263. The van der Waals surface area contributed by atoms with Crippen LogP contribution in [0.5, 0.6) is 11.5 Å². The highest BCUT2D eigenvalue weighted by atomic mass is 16.5. The zero-order valence-corrected chi connectivity index (χ0v) is 14.5. The van der Waals surface area contributed by atoms with Crippen molar-refractivity contribution in [3.63, 3.8) is 0 Å². The minimum Gasteiger partial charge on any atom is -0.497 e. The van der Waals surface area contributed by atoms with Gasteiger partial charge in [0.2, 0.25) is 0 Å². The average Bonchev–Trinajstić information content (AvgIpc) is 2.61. The predicted octanol–water partition coefficient (Wildman–Crippen LogP) is 2.85. The number of benzene rings is 2. The Bertz CT molecular complexity index is 755. The SMILES string of the molecule is COc1ccc(OCCN(C)C(=O)c2cc(C)cc(C(=O)O)c2)cc1. The molecule has 0 aliphatic heterocycles. The molecule has 2 rings (SSSR count). The topological polar surface area (TPSA) is 76.1 Å². The number of methoxy groups -OCH3 is 1. The van der Waals surface area contributed by atoms with Gasteiger partial charge in [-0.05, 0) is 55.0 Å². The zero-order valence-electron chi connectivity index (χ0n) is 14.5. The molecular weight excluding hydrogens is 322 g/mol. The van der Waals surface area contributed by atoms with Crippen molar-refractivity contribution in [2.75, 3.05) is 27.3 Å². The fourth-order valence-electron chi connectivity index (χ4n) is 2.32. The Hall–Kier alpha value is -3.02. The molecule has 1 amide bonds. The molecule has 6 nitrogen and oxygen atoms in total.